The van der Waals surface area contributed by atoms with E-state index >= 15 is 0 Å². The Bertz CT molecular complexity index is 121. The van der Waals surface area contributed by atoms with Crippen LogP contribution < -0.4 is 5.73 Å². The number of likely N-dealkylation sites (N-methyl/N-ethyl adjacent to an activating group) is 1. The van der Waals surface area contributed by atoms with Gasteiger partial charge in [0.1, 0.15) is 0 Å². The van der Waals surface area contributed by atoms with Crippen LogP contribution in [0.4, 0.5) is 0 Å². The first-order valence-corrected chi connectivity index (χ1v) is 6.50. The van der Waals surface area contributed by atoms with Crippen LogP contribution in [0, 0.1) is 0 Å². The molecule has 0 aromatic heterocycles. The van der Waals surface area contributed by atoms with Gasteiger partial charge in [-0.2, -0.15) is 11.8 Å². The van der Waals surface area contributed by atoms with E-state index in [1.807, 2.05) is 11.8 Å². The third-order valence-corrected chi connectivity index (χ3v) is 3.33. The van der Waals surface area contributed by atoms with Crippen LogP contribution in [-0.2, 0) is 4.74 Å². The molecule has 2 N–H and O–H groups in total. The Balaban J connectivity index is 4.13. The summed E-state index contributed by atoms with van der Waals surface area (Å²) >= 11 is 1.89. The molecule has 3 nitrogen and oxygen atoms in total. The second kappa shape index (κ2) is 8.53. The maximum atomic E-state index is 5.72. The molecule has 0 fully saturated rings. The van der Waals surface area contributed by atoms with E-state index in [4.69, 9.17) is 10.5 Å². The predicted molar refractivity (Wildman–Crippen MR) is 64.9 cm³/mol. The molecule has 14 heavy (non-hydrogen) atoms. The third kappa shape index (κ3) is 4.64. The maximum Gasteiger partial charge on any atom is 0.0630 e. The summed E-state index contributed by atoms with van der Waals surface area (Å²) in [5.41, 5.74) is 5.72. The van der Waals surface area contributed by atoms with Crippen molar-refractivity contribution in [3.05, 3.63) is 0 Å². The fourth-order valence-electron chi connectivity index (χ4n) is 1.56. The highest BCUT2D eigenvalue weighted by Gasteiger charge is 2.19. The van der Waals surface area contributed by atoms with Crippen LogP contribution >= 0.6 is 11.8 Å². The highest BCUT2D eigenvalue weighted by molar-refractivity contribution is 7.98. The van der Waals surface area contributed by atoms with E-state index in [-0.39, 0.29) is 0 Å². The van der Waals surface area contributed by atoms with Crippen LogP contribution in [0.5, 0.6) is 0 Å². The molecule has 0 radical (unpaired) electrons. The average molecular weight is 220 g/mol. The smallest absolute Gasteiger partial charge is 0.0630 e. The normalized spacial score (nSPS) is 15.9. The van der Waals surface area contributed by atoms with Crippen LogP contribution in [0.2, 0.25) is 0 Å². The number of nitrogens with zero attached hydrogens (tertiary/aromatic N) is 1. The molecule has 0 amide bonds. The number of ether oxygens (including phenoxy) is 1. The number of methoxy groups -OCH3 is 1. The van der Waals surface area contributed by atoms with Gasteiger partial charge in [0, 0.05) is 31.5 Å². The number of hydrogen-bond donors (Lipinski definition) is 1. The summed E-state index contributed by atoms with van der Waals surface area (Å²) in [6.07, 6.45) is 3.31. The van der Waals surface area contributed by atoms with Gasteiger partial charge in [-0.25, -0.2) is 0 Å². The van der Waals surface area contributed by atoms with Gasteiger partial charge in [0.25, 0.3) is 0 Å². The fourth-order valence-corrected chi connectivity index (χ4v) is 2.41. The van der Waals surface area contributed by atoms with Crippen LogP contribution in [0.15, 0.2) is 0 Å². The first kappa shape index (κ1) is 14.2. The quantitative estimate of drug-likeness (QED) is 0.663. The Morgan fingerprint density at radius 3 is 2.43 bits per heavy atom. The Labute approximate surface area is 92.4 Å². The summed E-state index contributed by atoms with van der Waals surface area (Å²) in [6, 6.07) is 0.950. The van der Waals surface area contributed by atoms with Gasteiger partial charge in [0.2, 0.25) is 0 Å². The monoisotopic (exact) mass is 220 g/mol. The zero-order valence-electron chi connectivity index (χ0n) is 9.82. The number of hydrogen-bond acceptors (Lipinski definition) is 4. The predicted octanol–water partition coefficient (Wildman–Crippen LogP) is 1.03. The van der Waals surface area contributed by atoms with Crippen molar-refractivity contribution in [2.45, 2.75) is 25.4 Å². The second-order valence-electron chi connectivity index (χ2n) is 3.53. The zero-order chi connectivity index (χ0) is 11.0. The summed E-state index contributed by atoms with van der Waals surface area (Å²) < 4.78 is 5.16. The molecule has 0 aliphatic carbocycles. The van der Waals surface area contributed by atoms with Gasteiger partial charge in [-0.05, 0) is 19.7 Å². The highest BCUT2D eigenvalue weighted by Crippen LogP contribution is 2.11. The molecule has 0 aromatic rings. The van der Waals surface area contributed by atoms with Crippen LogP contribution in [0.25, 0.3) is 0 Å². The van der Waals surface area contributed by atoms with Crippen molar-refractivity contribution in [1.82, 2.24) is 4.90 Å². The summed E-state index contributed by atoms with van der Waals surface area (Å²) in [7, 11) is 3.87. The third-order valence-electron chi connectivity index (χ3n) is 2.61. The Morgan fingerprint density at radius 2 is 2.07 bits per heavy atom. The van der Waals surface area contributed by atoms with Crippen molar-refractivity contribution in [3.63, 3.8) is 0 Å². The van der Waals surface area contributed by atoms with E-state index in [0.29, 0.717) is 18.6 Å². The molecule has 0 aromatic carbocycles. The second-order valence-corrected chi connectivity index (χ2v) is 4.44. The lowest BCUT2D eigenvalue weighted by atomic mass is 10.1. The van der Waals surface area contributed by atoms with Crippen molar-refractivity contribution in [2.75, 3.05) is 39.3 Å². The van der Waals surface area contributed by atoms with Crippen molar-refractivity contribution in [1.29, 1.82) is 0 Å². The van der Waals surface area contributed by atoms with E-state index in [9.17, 15) is 0 Å². The molecule has 0 saturated heterocycles. The number of rotatable bonds is 8. The van der Waals surface area contributed by atoms with E-state index in [1.165, 1.54) is 0 Å². The molecule has 0 aliphatic heterocycles. The van der Waals surface area contributed by atoms with Gasteiger partial charge in [-0.3, -0.25) is 4.90 Å². The van der Waals surface area contributed by atoms with E-state index in [2.05, 4.69) is 25.1 Å². The van der Waals surface area contributed by atoms with Crippen molar-refractivity contribution >= 4 is 11.8 Å². The van der Waals surface area contributed by atoms with Gasteiger partial charge in [0.15, 0.2) is 0 Å². The SMILES string of the molecule is CCC(CSC)N(C)C(CN)COC. The van der Waals surface area contributed by atoms with E-state index in [1.54, 1.807) is 7.11 Å². The van der Waals surface area contributed by atoms with Crippen molar-refractivity contribution in [3.8, 4) is 0 Å². The minimum Gasteiger partial charge on any atom is -0.383 e. The summed E-state index contributed by atoms with van der Waals surface area (Å²) in [4.78, 5) is 2.35. The summed E-state index contributed by atoms with van der Waals surface area (Å²) in [5, 5.41) is 0. The van der Waals surface area contributed by atoms with Gasteiger partial charge in [-0.1, -0.05) is 6.92 Å². The van der Waals surface area contributed by atoms with Gasteiger partial charge in [-0.15, -0.1) is 0 Å². The molecule has 0 bridgehead atoms. The van der Waals surface area contributed by atoms with E-state index < -0.39 is 0 Å². The Morgan fingerprint density at radius 1 is 1.43 bits per heavy atom. The van der Waals surface area contributed by atoms with Gasteiger partial charge < -0.3 is 10.5 Å². The molecule has 0 heterocycles. The molecule has 2 atom stereocenters. The molecule has 4 heteroatoms. The summed E-state index contributed by atoms with van der Waals surface area (Å²) in [5.74, 6) is 1.16. The fraction of sp³-hybridized carbons (Fsp3) is 1.00. The lowest BCUT2D eigenvalue weighted by Gasteiger charge is -2.33. The minimum absolute atomic E-state index is 0.345. The number of thioether (sulfide) groups is 1. The average Bonchev–Trinajstić information content (AvgIpc) is 2.21. The Kier molecular flexibility index (Phi) is 8.67. The lowest BCUT2D eigenvalue weighted by molar-refractivity contribution is 0.0887. The van der Waals surface area contributed by atoms with Crippen LogP contribution in [-0.4, -0.2) is 56.3 Å². The van der Waals surface area contributed by atoms with Gasteiger partial charge in [0.05, 0.1) is 6.61 Å². The molecule has 2 unspecified atom stereocenters. The lowest BCUT2D eigenvalue weighted by Crippen LogP contribution is -2.47. The first-order chi connectivity index (χ1) is 6.71. The van der Waals surface area contributed by atoms with Crippen LogP contribution in [0.1, 0.15) is 13.3 Å². The van der Waals surface area contributed by atoms with Crippen molar-refractivity contribution < 1.29 is 4.74 Å². The van der Waals surface area contributed by atoms with Crippen LogP contribution in [0.3, 0.4) is 0 Å². The Hall–Kier alpha value is 0.230. The molecular weight excluding hydrogens is 196 g/mol. The topological polar surface area (TPSA) is 38.5 Å². The molecule has 0 spiro atoms. The highest BCUT2D eigenvalue weighted by atomic mass is 32.2. The molecular formula is C10H24N2OS. The maximum absolute atomic E-state index is 5.72. The molecule has 86 valence electrons. The van der Waals surface area contributed by atoms with E-state index in [0.717, 1.165) is 18.8 Å². The minimum atomic E-state index is 0.345. The largest absolute Gasteiger partial charge is 0.383 e. The zero-order valence-corrected chi connectivity index (χ0v) is 10.6. The van der Waals surface area contributed by atoms with Crippen molar-refractivity contribution in [2.24, 2.45) is 5.73 Å². The molecule has 0 rings (SSSR count). The standard InChI is InChI=1S/C10H24N2OS/c1-5-9(8-14-4)12(2)10(6-11)7-13-3/h9-10H,5-8,11H2,1-4H3. The summed E-state index contributed by atoms with van der Waals surface area (Å²) in [6.45, 7) is 3.60. The van der Waals surface area contributed by atoms with Gasteiger partial charge >= 0.3 is 0 Å². The number of nitrogens with two attached hydrogens (primary N) is 1. The molecule has 0 aliphatic rings. The molecule has 0 saturated carbocycles. The first-order valence-electron chi connectivity index (χ1n) is 5.11.